The van der Waals surface area contributed by atoms with Crippen molar-refractivity contribution in [2.24, 2.45) is 0 Å². The summed E-state index contributed by atoms with van der Waals surface area (Å²) in [7, 11) is 0. The number of aromatic nitrogens is 5. The van der Waals surface area contributed by atoms with E-state index in [2.05, 4.69) is 37.1 Å². The second kappa shape index (κ2) is 6.87. The Kier molecular flexibility index (Phi) is 4.25. The molecule has 0 aliphatic heterocycles. The first-order valence-corrected chi connectivity index (χ1v) is 8.39. The van der Waals surface area contributed by atoms with Gasteiger partial charge in [0.1, 0.15) is 12.0 Å². The predicted molar refractivity (Wildman–Crippen MR) is 99.5 cm³/mol. The summed E-state index contributed by atoms with van der Waals surface area (Å²) in [6.45, 7) is 3.28. The maximum absolute atomic E-state index is 11.0. The SMILES string of the molecule is Cc1nccn1Cc1cccc(CNc2ccc3ncc([N+](=O)[O-])n3n2)c1. The highest BCUT2D eigenvalue weighted by Crippen LogP contribution is 2.16. The molecule has 9 nitrogen and oxygen atoms in total. The van der Waals surface area contributed by atoms with E-state index in [4.69, 9.17) is 0 Å². The normalized spacial score (nSPS) is 11.0. The van der Waals surface area contributed by atoms with Crippen molar-refractivity contribution >= 4 is 17.3 Å². The molecule has 0 spiro atoms. The standard InChI is InChI=1S/C18H17N7O2/c1-13-19-7-8-23(13)12-15-4-2-3-14(9-15)10-20-16-5-6-17-21-11-18(25(26)27)24(17)22-16/h2-9,11H,10,12H2,1H3,(H,20,22). The van der Waals surface area contributed by atoms with Crippen LogP contribution >= 0.6 is 0 Å². The van der Waals surface area contributed by atoms with Crippen molar-refractivity contribution in [3.05, 3.63) is 82.1 Å². The van der Waals surface area contributed by atoms with E-state index in [-0.39, 0.29) is 5.82 Å². The number of nitro groups is 1. The summed E-state index contributed by atoms with van der Waals surface area (Å²) in [5.41, 5.74) is 2.70. The van der Waals surface area contributed by atoms with Crippen LogP contribution in [0.5, 0.6) is 0 Å². The predicted octanol–water partition coefficient (Wildman–Crippen LogP) is 2.80. The van der Waals surface area contributed by atoms with E-state index in [0.717, 1.165) is 17.9 Å². The molecule has 0 aliphatic rings. The van der Waals surface area contributed by atoms with Crippen molar-refractivity contribution in [2.75, 3.05) is 5.32 Å². The lowest BCUT2D eigenvalue weighted by Crippen LogP contribution is -2.06. The number of aryl methyl sites for hydroxylation is 1. The van der Waals surface area contributed by atoms with Crippen LogP contribution in [0.1, 0.15) is 17.0 Å². The molecule has 9 heteroatoms. The molecule has 0 bridgehead atoms. The average Bonchev–Trinajstić information content (AvgIpc) is 3.26. The second-order valence-corrected chi connectivity index (χ2v) is 6.14. The molecule has 0 unspecified atom stereocenters. The molecule has 4 rings (SSSR count). The van der Waals surface area contributed by atoms with Crippen LogP contribution in [0.4, 0.5) is 11.6 Å². The largest absolute Gasteiger partial charge is 0.368 e. The highest BCUT2D eigenvalue weighted by Gasteiger charge is 2.15. The van der Waals surface area contributed by atoms with Gasteiger partial charge >= 0.3 is 5.82 Å². The highest BCUT2D eigenvalue weighted by molar-refractivity contribution is 5.48. The zero-order valence-corrected chi connectivity index (χ0v) is 14.6. The molecule has 0 fully saturated rings. The molecule has 4 aromatic rings. The number of hydrogen-bond donors (Lipinski definition) is 1. The van der Waals surface area contributed by atoms with Gasteiger partial charge in [0.05, 0.1) is 0 Å². The Labute approximate surface area is 154 Å². The number of hydrogen-bond acceptors (Lipinski definition) is 6. The Balaban J connectivity index is 1.49. The molecule has 1 aromatic carbocycles. The molecule has 3 heterocycles. The topological polar surface area (TPSA) is 103 Å². The van der Waals surface area contributed by atoms with Gasteiger partial charge in [-0.15, -0.1) is 0 Å². The lowest BCUT2D eigenvalue weighted by molar-refractivity contribution is -0.391. The van der Waals surface area contributed by atoms with E-state index >= 15 is 0 Å². The third kappa shape index (κ3) is 3.47. The fourth-order valence-electron chi connectivity index (χ4n) is 2.88. The van der Waals surface area contributed by atoms with E-state index in [9.17, 15) is 10.1 Å². The Morgan fingerprint density at radius 3 is 2.81 bits per heavy atom. The van der Waals surface area contributed by atoms with Crippen LogP contribution in [0.15, 0.2) is 55.0 Å². The molecule has 0 aliphatic carbocycles. The highest BCUT2D eigenvalue weighted by atomic mass is 16.6. The third-order valence-electron chi connectivity index (χ3n) is 4.27. The monoisotopic (exact) mass is 363 g/mol. The molecule has 0 saturated heterocycles. The molecule has 0 amide bonds. The summed E-state index contributed by atoms with van der Waals surface area (Å²) in [6.07, 6.45) is 4.95. The quantitative estimate of drug-likeness (QED) is 0.417. The molecule has 3 aromatic heterocycles. The van der Waals surface area contributed by atoms with Crippen LogP contribution in [0.25, 0.3) is 5.65 Å². The van der Waals surface area contributed by atoms with Gasteiger partial charge in [-0.2, -0.15) is 0 Å². The first kappa shape index (κ1) is 16.7. The van der Waals surface area contributed by atoms with Crippen LogP contribution in [-0.4, -0.2) is 29.1 Å². The Morgan fingerprint density at radius 1 is 1.19 bits per heavy atom. The van der Waals surface area contributed by atoms with Gasteiger partial charge in [-0.05, 0) is 29.0 Å². The van der Waals surface area contributed by atoms with E-state index in [0.29, 0.717) is 18.0 Å². The number of imidazole rings is 2. The number of rotatable bonds is 6. The van der Waals surface area contributed by atoms with Crippen molar-refractivity contribution in [2.45, 2.75) is 20.0 Å². The zero-order chi connectivity index (χ0) is 18.8. The van der Waals surface area contributed by atoms with Gasteiger partial charge in [0.15, 0.2) is 5.82 Å². The minimum atomic E-state index is -0.502. The van der Waals surface area contributed by atoms with Gasteiger partial charge in [-0.1, -0.05) is 33.9 Å². The number of nitrogens with zero attached hydrogens (tertiary/aromatic N) is 6. The van der Waals surface area contributed by atoms with Gasteiger partial charge < -0.3 is 20.0 Å². The van der Waals surface area contributed by atoms with Gasteiger partial charge in [-0.25, -0.2) is 9.97 Å². The van der Waals surface area contributed by atoms with Crippen molar-refractivity contribution in [3.63, 3.8) is 0 Å². The van der Waals surface area contributed by atoms with Gasteiger partial charge in [0.25, 0.3) is 0 Å². The Hall–Kier alpha value is -3.75. The van der Waals surface area contributed by atoms with E-state index in [1.807, 2.05) is 25.3 Å². The molecular formula is C18H17N7O2. The molecule has 0 saturated carbocycles. The van der Waals surface area contributed by atoms with E-state index in [1.165, 1.54) is 16.3 Å². The summed E-state index contributed by atoms with van der Waals surface area (Å²) in [6, 6.07) is 11.7. The lowest BCUT2D eigenvalue weighted by Gasteiger charge is -2.09. The van der Waals surface area contributed by atoms with Crippen LogP contribution < -0.4 is 5.32 Å². The molecule has 0 radical (unpaired) electrons. The number of nitrogens with one attached hydrogen (secondary N) is 1. The summed E-state index contributed by atoms with van der Waals surface area (Å²) in [4.78, 5) is 18.7. The summed E-state index contributed by atoms with van der Waals surface area (Å²) in [5, 5.41) is 18.5. The number of benzene rings is 1. The van der Waals surface area contributed by atoms with Crippen LogP contribution in [-0.2, 0) is 13.1 Å². The van der Waals surface area contributed by atoms with E-state index < -0.39 is 4.92 Å². The zero-order valence-electron chi connectivity index (χ0n) is 14.6. The van der Waals surface area contributed by atoms with Crippen molar-refractivity contribution in [1.29, 1.82) is 0 Å². The summed E-state index contributed by atoms with van der Waals surface area (Å²) >= 11 is 0. The van der Waals surface area contributed by atoms with Gasteiger partial charge in [0, 0.05) is 31.5 Å². The van der Waals surface area contributed by atoms with Crippen molar-refractivity contribution < 1.29 is 4.92 Å². The maximum atomic E-state index is 11.0. The van der Waals surface area contributed by atoms with Gasteiger partial charge in [-0.3, -0.25) is 0 Å². The van der Waals surface area contributed by atoms with Crippen LogP contribution in [0.3, 0.4) is 0 Å². The third-order valence-corrected chi connectivity index (χ3v) is 4.27. The van der Waals surface area contributed by atoms with Crippen LogP contribution in [0.2, 0.25) is 0 Å². The molecular weight excluding hydrogens is 346 g/mol. The first-order chi connectivity index (χ1) is 13.1. The molecule has 136 valence electrons. The summed E-state index contributed by atoms with van der Waals surface area (Å²) in [5.74, 6) is 1.35. The fourth-order valence-corrected chi connectivity index (χ4v) is 2.88. The average molecular weight is 363 g/mol. The fraction of sp³-hybridized carbons (Fsp3) is 0.167. The van der Waals surface area contributed by atoms with Crippen molar-refractivity contribution in [3.8, 4) is 0 Å². The van der Waals surface area contributed by atoms with Crippen molar-refractivity contribution in [1.82, 2.24) is 24.1 Å². The maximum Gasteiger partial charge on any atom is 0.368 e. The minimum absolute atomic E-state index is 0.161. The minimum Gasteiger partial charge on any atom is -0.363 e. The lowest BCUT2D eigenvalue weighted by atomic mass is 10.1. The smallest absolute Gasteiger partial charge is 0.363 e. The van der Waals surface area contributed by atoms with Crippen LogP contribution in [0, 0.1) is 17.0 Å². The Bertz CT molecular complexity index is 1120. The molecule has 0 atom stereocenters. The second-order valence-electron chi connectivity index (χ2n) is 6.14. The van der Waals surface area contributed by atoms with E-state index in [1.54, 1.807) is 18.3 Å². The summed E-state index contributed by atoms with van der Waals surface area (Å²) < 4.78 is 3.31. The molecule has 1 N–H and O–H groups in total. The Morgan fingerprint density at radius 2 is 2.04 bits per heavy atom. The number of fused-ring (bicyclic) bond motifs is 1. The first-order valence-electron chi connectivity index (χ1n) is 8.39. The van der Waals surface area contributed by atoms with Gasteiger partial charge in [0.2, 0.25) is 5.65 Å². The number of anilines is 1. The molecule has 27 heavy (non-hydrogen) atoms.